The minimum Gasteiger partial charge on any atom is -0.365 e. The van der Waals surface area contributed by atoms with E-state index in [0.29, 0.717) is 15.8 Å². The quantitative estimate of drug-likeness (QED) is 0.371. The van der Waals surface area contributed by atoms with Crippen LogP contribution in [-0.4, -0.2) is 37.4 Å². The third-order valence-corrected chi connectivity index (χ3v) is 8.45. The lowest BCUT2D eigenvalue weighted by atomic mass is 9.86. The summed E-state index contributed by atoms with van der Waals surface area (Å²) >= 11 is 12.9. The van der Waals surface area contributed by atoms with Crippen LogP contribution in [0.5, 0.6) is 0 Å². The Bertz CT molecular complexity index is 1540. The summed E-state index contributed by atoms with van der Waals surface area (Å²) in [6.45, 7) is 6.49. The highest BCUT2D eigenvalue weighted by atomic mass is 35.5. The van der Waals surface area contributed by atoms with Gasteiger partial charge in [-0.2, -0.15) is 0 Å². The minimum absolute atomic E-state index is 0.136. The molecule has 1 aromatic heterocycles. The van der Waals surface area contributed by atoms with Crippen molar-refractivity contribution < 1.29 is 8.42 Å². The molecule has 5 rings (SSSR count). The highest BCUT2D eigenvalue weighted by Gasteiger charge is 2.42. The largest absolute Gasteiger partial charge is 0.365 e. The third kappa shape index (κ3) is 4.86. The number of thiocarbonyl (C=S) groups is 1. The van der Waals surface area contributed by atoms with Gasteiger partial charge in [-0.3, -0.25) is 9.71 Å². The van der Waals surface area contributed by atoms with Gasteiger partial charge in [0.2, 0.25) is 10.0 Å². The fraction of sp³-hybridized carbons (Fsp3) is 0.286. The summed E-state index contributed by atoms with van der Waals surface area (Å²) < 4.78 is 25.9. The Hall–Kier alpha value is -3.14. The van der Waals surface area contributed by atoms with E-state index in [9.17, 15) is 8.42 Å². The molecule has 0 bridgehead atoms. The summed E-state index contributed by atoms with van der Waals surface area (Å²) in [4.78, 5) is 8.90. The highest BCUT2D eigenvalue weighted by Crippen LogP contribution is 2.48. The Morgan fingerprint density at radius 3 is 2.47 bits per heavy atom. The van der Waals surface area contributed by atoms with Gasteiger partial charge in [0.1, 0.15) is 0 Å². The van der Waals surface area contributed by atoms with Crippen LogP contribution in [-0.2, 0) is 10.0 Å². The second-order valence-corrected chi connectivity index (χ2v) is 12.9. The predicted molar refractivity (Wildman–Crippen MR) is 160 cm³/mol. The van der Waals surface area contributed by atoms with E-state index in [1.807, 2.05) is 41.3 Å². The van der Waals surface area contributed by atoms with Crippen LogP contribution in [0, 0.1) is 0 Å². The van der Waals surface area contributed by atoms with Gasteiger partial charge in [0.05, 0.1) is 29.6 Å². The Morgan fingerprint density at radius 1 is 1.13 bits per heavy atom. The van der Waals surface area contributed by atoms with E-state index in [2.05, 4.69) is 59.9 Å². The predicted octanol–water partition coefficient (Wildman–Crippen LogP) is 5.92. The summed E-state index contributed by atoms with van der Waals surface area (Å²) in [7, 11) is -1.31. The van der Waals surface area contributed by atoms with Gasteiger partial charge in [-0.15, -0.1) is 0 Å². The van der Waals surface area contributed by atoms with Crippen LogP contribution in [0.3, 0.4) is 0 Å². The number of hydrogen-bond acceptors (Lipinski definition) is 5. The molecule has 1 saturated heterocycles. The van der Waals surface area contributed by atoms with Crippen molar-refractivity contribution in [2.75, 3.05) is 27.8 Å². The number of pyridine rings is 1. The maximum Gasteiger partial charge on any atom is 0.229 e. The van der Waals surface area contributed by atoms with E-state index in [-0.39, 0.29) is 17.6 Å². The van der Waals surface area contributed by atoms with Crippen molar-refractivity contribution in [1.82, 2.24) is 10.3 Å². The zero-order valence-corrected chi connectivity index (χ0v) is 24.2. The summed E-state index contributed by atoms with van der Waals surface area (Å²) in [6, 6.07) is 16.6. The zero-order chi connectivity index (χ0) is 27.4. The molecule has 0 amide bonds. The van der Waals surface area contributed by atoms with Crippen molar-refractivity contribution in [2.24, 2.45) is 0 Å². The van der Waals surface area contributed by atoms with Crippen molar-refractivity contribution in [3.63, 3.8) is 0 Å². The molecule has 3 heterocycles. The first kappa shape index (κ1) is 26.5. The van der Waals surface area contributed by atoms with E-state index in [4.69, 9.17) is 23.8 Å². The molecule has 0 saturated carbocycles. The molecule has 38 heavy (non-hydrogen) atoms. The van der Waals surface area contributed by atoms with Gasteiger partial charge in [-0.05, 0) is 92.7 Å². The maximum absolute atomic E-state index is 11.7. The molecule has 2 aromatic carbocycles. The van der Waals surface area contributed by atoms with Crippen molar-refractivity contribution in [3.8, 4) is 0 Å². The van der Waals surface area contributed by atoms with Gasteiger partial charge in [0.15, 0.2) is 5.11 Å². The van der Waals surface area contributed by atoms with Crippen molar-refractivity contribution in [3.05, 3.63) is 88.7 Å². The average Bonchev–Trinajstić information content (AvgIpc) is 3.19. The van der Waals surface area contributed by atoms with Crippen LogP contribution < -0.4 is 19.8 Å². The summed E-state index contributed by atoms with van der Waals surface area (Å²) in [5, 5.41) is 4.63. The van der Waals surface area contributed by atoms with Crippen molar-refractivity contribution in [2.45, 2.75) is 38.4 Å². The molecule has 7 nitrogen and oxygen atoms in total. The standard InChI is InChI=1S/C28H30ClN5O2S2/c1-17-16-28(2,3)33(4)24-15-22(29)21(14-20(17)24)26-25(23-8-6-7-13-30-23)31-27(37)34(26)19-11-9-18(10-12-19)32-38(5,35)36/h6-16,25-26,32H,1-5H3,(H,31,37)/t25-,26-/m0/s1. The number of aromatic nitrogens is 1. The van der Waals surface area contributed by atoms with Gasteiger partial charge in [0.25, 0.3) is 0 Å². The van der Waals surface area contributed by atoms with E-state index in [1.165, 1.54) is 5.57 Å². The van der Waals surface area contributed by atoms with E-state index in [1.54, 1.807) is 18.3 Å². The van der Waals surface area contributed by atoms with E-state index in [0.717, 1.165) is 34.5 Å². The topological polar surface area (TPSA) is 77.6 Å². The van der Waals surface area contributed by atoms with Crippen LogP contribution in [0.4, 0.5) is 17.1 Å². The number of benzene rings is 2. The lowest BCUT2D eigenvalue weighted by Crippen LogP contribution is -2.42. The summed E-state index contributed by atoms with van der Waals surface area (Å²) in [5.41, 5.74) is 6.31. The highest BCUT2D eigenvalue weighted by molar-refractivity contribution is 7.92. The number of nitrogens with one attached hydrogen (secondary N) is 2. The van der Waals surface area contributed by atoms with Crippen molar-refractivity contribution in [1.29, 1.82) is 0 Å². The number of hydrogen-bond donors (Lipinski definition) is 2. The molecule has 2 atom stereocenters. The van der Waals surface area contributed by atoms with Crippen LogP contribution in [0.15, 0.2) is 66.9 Å². The monoisotopic (exact) mass is 567 g/mol. The first-order valence-electron chi connectivity index (χ1n) is 12.2. The molecule has 0 unspecified atom stereocenters. The fourth-order valence-electron chi connectivity index (χ4n) is 5.27. The molecule has 3 aromatic rings. The smallest absolute Gasteiger partial charge is 0.229 e. The maximum atomic E-state index is 11.7. The lowest BCUT2D eigenvalue weighted by molar-refractivity contribution is 0.567. The SMILES string of the molecule is CC1=CC(C)(C)N(C)c2cc(Cl)c([C@H]3[C@H](c4ccccn4)NC(=S)N3c3ccc(NS(C)(=O)=O)cc3)cc21. The number of halogens is 1. The van der Waals surface area contributed by atoms with E-state index >= 15 is 0 Å². The number of sulfonamides is 1. The molecule has 2 aliphatic heterocycles. The third-order valence-electron chi connectivity index (χ3n) is 7.20. The molecule has 0 spiro atoms. The number of anilines is 3. The second-order valence-electron chi connectivity index (χ2n) is 10.3. The number of likely N-dealkylation sites (N-methyl/N-ethyl adjacent to an activating group) is 1. The Balaban J connectivity index is 1.65. The summed E-state index contributed by atoms with van der Waals surface area (Å²) in [6.07, 6.45) is 5.16. The zero-order valence-electron chi connectivity index (χ0n) is 21.9. The number of rotatable bonds is 5. The molecule has 10 heteroatoms. The normalized spacial score (nSPS) is 20.6. The molecule has 2 aliphatic rings. The van der Waals surface area contributed by atoms with Gasteiger partial charge in [-0.1, -0.05) is 23.7 Å². The number of nitrogens with zero attached hydrogens (tertiary/aromatic N) is 3. The number of allylic oxidation sites excluding steroid dienone is 1. The van der Waals surface area contributed by atoms with Gasteiger partial charge in [-0.25, -0.2) is 8.42 Å². The van der Waals surface area contributed by atoms with Crippen LogP contribution >= 0.6 is 23.8 Å². The molecular formula is C28H30ClN5O2S2. The first-order valence-corrected chi connectivity index (χ1v) is 14.9. The second kappa shape index (κ2) is 9.55. The first-order chi connectivity index (χ1) is 17.9. The van der Waals surface area contributed by atoms with Gasteiger partial charge < -0.3 is 15.1 Å². The van der Waals surface area contributed by atoms with E-state index < -0.39 is 10.0 Å². The Labute approximate surface area is 234 Å². The van der Waals surface area contributed by atoms with Crippen LogP contribution in [0.25, 0.3) is 5.57 Å². The molecule has 0 radical (unpaired) electrons. The molecule has 0 aliphatic carbocycles. The Kier molecular flexibility index (Phi) is 6.65. The molecule has 2 N–H and O–H groups in total. The molecular weight excluding hydrogens is 538 g/mol. The number of fused-ring (bicyclic) bond motifs is 1. The van der Waals surface area contributed by atoms with Crippen LogP contribution in [0.1, 0.15) is 49.7 Å². The average molecular weight is 568 g/mol. The Morgan fingerprint density at radius 2 is 1.84 bits per heavy atom. The molecule has 198 valence electrons. The lowest BCUT2D eigenvalue weighted by Gasteiger charge is -2.41. The summed E-state index contributed by atoms with van der Waals surface area (Å²) in [5.74, 6) is 0. The fourth-order valence-corrected chi connectivity index (χ4v) is 6.45. The van der Waals surface area contributed by atoms with Gasteiger partial charge >= 0.3 is 0 Å². The minimum atomic E-state index is -3.39. The van der Waals surface area contributed by atoms with Gasteiger partial charge in [0, 0.05) is 40.9 Å². The van der Waals surface area contributed by atoms with Crippen molar-refractivity contribution >= 4 is 61.6 Å². The molecule has 1 fully saturated rings. The van der Waals surface area contributed by atoms with Crippen LogP contribution in [0.2, 0.25) is 5.02 Å².